The molecular formula is C21H18N2S2. The molecule has 0 aliphatic carbocycles. The first kappa shape index (κ1) is 16.3. The van der Waals surface area contributed by atoms with Crippen LogP contribution in [-0.4, -0.2) is 9.97 Å². The van der Waals surface area contributed by atoms with Crippen molar-refractivity contribution in [3.05, 3.63) is 76.9 Å². The standard InChI is InChI=1S/C21H18N2S2/c1-14-6-8-17(9-7-14)18-12-25-21-19(18)20(22-13-23-21)24-11-16-5-3-4-15(2)10-16/h3-10,12-13H,11H2,1-2H3. The molecule has 0 atom stereocenters. The third-order valence-electron chi connectivity index (χ3n) is 4.16. The van der Waals surface area contributed by atoms with Gasteiger partial charge in [0, 0.05) is 16.7 Å². The van der Waals surface area contributed by atoms with Crippen LogP contribution < -0.4 is 0 Å². The van der Waals surface area contributed by atoms with Crippen molar-refractivity contribution < 1.29 is 0 Å². The van der Waals surface area contributed by atoms with Gasteiger partial charge in [-0.3, -0.25) is 0 Å². The molecule has 0 saturated heterocycles. The van der Waals surface area contributed by atoms with Crippen LogP contribution in [0.5, 0.6) is 0 Å². The van der Waals surface area contributed by atoms with Gasteiger partial charge in [-0.15, -0.1) is 23.1 Å². The van der Waals surface area contributed by atoms with Crippen molar-refractivity contribution in [1.29, 1.82) is 0 Å². The number of benzene rings is 2. The fourth-order valence-corrected chi connectivity index (χ4v) is 4.79. The van der Waals surface area contributed by atoms with Crippen LogP contribution >= 0.6 is 23.1 Å². The molecule has 0 radical (unpaired) electrons. The number of fused-ring (bicyclic) bond motifs is 1. The van der Waals surface area contributed by atoms with Gasteiger partial charge in [-0.2, -0.15) is 0 Å². The smallest absolute Gasteiger partial charge is 0.128 e. The highest BCUT2D eigenvalue weighted by molar-refractivity contribution is 7.98. The lowest BCUT2D eigenvalue weighted by molar-refractivity contribution is 1.11. The number of hydrogen-bond donors (Lipinski definition) is 0. The van der Waals surface area contributed by atoms with Crippen molar-refractivity contribution in [2.45, 2.75) is 24.6 Å². The van der Waals surface area contributed by atoms with Gasteiger partial charge in [-0.1, -0.05) is 59.7 Å². The van der Waals surface area contributed by atoms with Crippen molar-refractivity contribution in [2.75, 3.05) is 0 Å². The predicted molar refractivity (Wildman–Crippen MR) is 108 cm³/mol. The molecule has 0 saturated carbocycles. The van der Waals surface area contributed by atoms with E-state index in [9.17, 15) is 0 Å². The molecule has 2 heterocycles. The minimum atomic E-state index is 0.914. The molecule has 0 amide bonds. The van der Waals surface area contributed by atoms with E-state index in [0.29, 0.717) is 0 Å². The molecule has 2 nitrogen and oxygen atoms in total. The van der Waals surface area contributed by atoms with E-state index in [4.69, 9.17) is 0 Å². The van der Waals surface area contributed by atoms with E-state index in [2.05, 4.69) is 77.7 Å². The summed E-state index contributed by atoms with van der Waals surface area (Å²) in [4.78, 5) is 10.1. The maximum absolute atomic E-state index is 4.58. The van der Waals surface area contributed by atoms with Crippen LogP contribution in [0.1, 0.15) is 16.7 Å². The molecule has 0 unspecified atom stereocenters. The average molecular weight is 363 g/mol. The minimum Gasteiger partial charge on any atom is -0.229 e. The van der Waals surface area contributed by atoms with Crippen molar-refractivity contribution in [3.8, 4) is 11.1 Å². The van der Waals surface area contributed by atoms with E-state index in [1.54, 1.807) is 29.4 Å². The van der Waals surface area contributed by atoms with Crippen LogP contribution in [0, 0.1) is 13.8 Å². The quantitative estimate of drug-likeness (QED) is 0.316. The predicted octanol–water partition coefficient (Wildman–Crippen LogP) is 6.27. The lowest BCUT2D eigenvalue weighted by Gasteiger charge is -2.06. The highest BCUT2D eigenvalue weighted by Gasteiger charge is 2.13. The normalized spacial score (nSPS) is 11.1. The van der Waals surface area contributed by atoms with Crippen LogP contribution in [0.15, 0.2) is 65.3 Å². The van der Waals surface area contributed by atoms with Crippen LogP contribution in [0.3, 0.4) is 0 Å². The highest BCUT2D eigenvalue weighted by Crippen LogP contribution is 2.38. The third kappa shape index (κ3) is 3.46. The number of thiophene rings is 1. The number of aromatic nitrogens is 2. The summed E-state index contributed by atoms with van der Waals surface area (Å²) in [7, 11) is 0. The van der Waals surface area contributed by atoms with Crippen molar-refractivity contribution >= 4 is 33.3 Å². The van der Waals surface area contributed by atoms with E-state index in [1.165, 1.54) is 33.2 Å². The molecule has 0 aliphatic heterocycles. The van der Waals surface area contributed by atoms with Crippen LogP contribution in [0.4, 0.5) is 0 Å². The van der Waals surface area contributed by atoms with Gasteiger partial charge in [0.1, 0.15) is 16.2 Å². The molecule has 4 rings (SSSR count). The molecule has 0 bridgehead atoms. The zero-order valence-corrected chi connectivity index (χ0v) is 15.8. The molecule has 0 aliphatic rings. The van der Waals surface area contributed by atoms with E-state index in [1.807, 2.05) is 0 Å². The van der Waals surface area contributed by atoms with Crippen molar-refractivity contribution in [2.24, 2.45) is 0 Å². The van der Waals surface area contributed by atoms with Gasteiger partial charge >= 0.3 is 0 Å². The highest BCUT2D eigenvalue weighted by atomic mass is 32.2. The van der Waals surface area contributed by atoms with Crippen LogP contribution in [0.25, 0.3) is 21.3 Å². The van der Waals surface area contributed by atoms with Gasteiger partial charge in [0.2, 0.25) is 0 Å². The maximum Gasteiger partial charge on any atom is 0.128 e. The molecule has 2 aromatic carbocycles. The molecule has 25 heavy (non-hydrogen) atoms. The molecule has 4 heteroatoms. The molecule has 2 aromatic heterocycles. The first-order valence-corrected chi connectivity index (χ1v) is 10.0. The second-order valence-electron chi connectivity index (χ2n) is 6.15. The Bertz CT molecular complexity index is 1020. The maximum atomic E-state index is 4.58. The van der Waals surface area contributed by atoms with Gasteiger partial charge in [0.05, 0.1) is 5.39 Å². The lowest BCUT2D eigenvalue weighted by atomic mass is 10.1. The fraction of sp³-hybridized carbons (Fsp3) is 0.143. The monoisotopic (exact) mass is 362 g/mol. The lowest BCUT2D eigenvalue weighted by Crippen LogP contribution is -1.88. The van der Waals surface area contributed by atoms with Gasteiger partial charge in [0.15, 0.2) is 0 Å². The summed E-state index contributed by atoms with van der Waals surface area (Å²) < 4.78 is 0. The summed E-state index contributed by atoms with van der Waals surface area (Å²) in [5, 5.41) is 4.43. The Kier molecular flexibility index (Phi) is 4.55. The van der Waals surface area contributed by atoms with E-state index in [-0.39, 0.29) is 0 Å². The molecule has 0 spiro atoms. The Labute approximate surface area is 156 Å². The second-order valence-corrected chi connectivity index (χ2v) is 7.97. The third-order valence-corrected chi connectivity index (χ3v) is 6.10. The average Bonchev–Trinajstić information content (AvgIpc) is 3.05. The summed E-state index contributed by atoms with van der Waals surface area (Å²) in [5.41, 5.74) is 6.34. The first-order valence-electron chi connectivity index (χ1n) is 8.18. The molecule has 0 fully saturated rings. The number of hydrogen-bond acceptors (Lipinski definition) is 4. The van der Waals surface area contributed by atoms with Crippen LogP contribution in [0.2, 0.25) is 0 Å². The Morgan fingerprint density at radius 1 is 0.960 bits per heavy atom. The van der Waals surface area contributed by atoms with E-state index >= 15 is 0 Å². The Morgan fingerprint density at radius 2 is 1.80 bits per heavy atom. The zero-order chi connectivity index (χ0) is 17.2. The molecular weight excluding hydrogens is 344 g/mol. The van der Waals surface area contributed by atoms with E-state index < -0.39 is 0 Å². The van der Waals surface area contributed by atoms with Crippen molar-refractivity contribution in [1.82, 2.24) is 9.97 Å². The van der Waals surface area contributed by atoms with Gasteiger partial charge in [-0.05, 0) is 25.0 Å². The SMILES string of the molecule is Cc1ccc(-c2csc3ncnc(SCc4cccc(C)c4)c23)cc1. The molecule has 4 aromatic rings. The van der Waals surface area contributed by atoms with Gasteiger partial charge in [-0.25, -0.2) is 9.97 Å². The Morgan fingerprint density at radius 3 is 2.60 bits per heavy atom. The first-order chi connectivity index (χ1) is 12.2. The summed E-state index contributed by atoms with van der Waals surface area (Å²) in [6.07, 6.45) is 1.68. The molecule has 124 valence electrons. The number of nitrogens with zero attached hydrogens (tertiary/aromatic N) is 2. The van der Waals surface area contributed by atoms with Crippen LogP contribution in [-0.2, 0) is 5.75 Å². The second kappa shape index (κ2) is 6.98. The Balaban J connectivity index is 1.71. The van der Waals surface area contributed by atoms with Gasteiger partial charge < -0.3 is 0 Å². The number of rotatable bonds is 4. The fourth-order valence-electron chi connectivity index (χ4n) is 2.86. The summed E-state index contributed by atoms with van der Waals surface area (Å²) in [6, 6.07) is 17.3. The topological polar surface area (TPSA) is 25.8 Å². The Hall–Kier alpha value is -2.17. The summed E-state index contributed by atoms with van der Waals surface area (Å²) >= 11 is 3.47. The number of aryl methyl sites for hydroxylation is 2. The van der Waals surface area contributed by atoms with E-state index in [0.717, 1.165) is 15.6 Å². The molecule has 0 N–H and O–H groups in total. The zero-order valence-electron chi connectivity index (χ0n) is 14.2. The number of thioether (sulfide) groups is 1. The van der Waals surface area contributed by atoms with Crippen molar-refractivity contribution in [3.63, 3.8) is 0 Å². The minimum absolute atomic E-state index is 0.914. The summed E-state index contributed by atoms with van der Waals surface area (Å²) in [5.74, 6) is 0.914. The van der Waals surface area contributed by atoms with Gasteiger partial charge in [0.25, 0.3) is 0 Å². The largest absolute Gasteiger partial charge is 0.229 e. The summed E-state index contributed by atoms with van der Waals surface area (Å²) in [6.45, 7) is 4.24.